The van der Waals surface area contributed by atoms with Crippen molar-refractivity contribution in [3.63, 3.8) is 0 Å². The van der Waals surface area contributed by atoms with Gasteiger partial charge in [0.05, 0.1) is 17.1 Å². The number of carboxylic acid groups (broad SMARTS) is 1. The van der Waals surface area contributed by atoms with Gasteiger partial charge in [-0.3, -0.25) is 4.79 Å². The van der Waals surface area contributed by atoms with Crippen molar-refractivity contribution in [2.45, 2.75) is 31.1 Å². The van der Waals surface area contributed by atoms with Crippen LogP contribution in [0.2, 0.25) is 0 Å². The van der Waals surface area contributed by atoms with E-state index in [-0.39, 0.29) is 23.7 Å². The number of alkyl halides is 3. The predicted octanol–water partition coefficient (Wildman–Crippen LogP) is 2.87. The highest BCUT2D eigenvalue weighted by Crippen LogP contribution is 2.35. The largest absolute Gasteiger partial charge is 0.480 e. The van der Waals surface area contributed by atoms with Crippen molar-refractivity contribution < 1.29 is 27.9 Å². The summed E-state index contributed by atoms with van der Waals surface area (Å²) in [5, 5.41) is 12.1. The Hall–Kier alpha value is -3.33. The van der Waals surface area contributed by atoms with E-state index in [4.69, 9.17) is 5.73 Å². The number of hydrogen-bond donors (Lipinski definition) is 4. The second-order valence-electron chi connectivity index (χ2n) is 6.94. The molecule has 1 heterocycles. The minimum atomic E-state index is -4.55. The van der Waals surface area contributed by atoms with Gasteiger partial charge in [-0.2, -0.15) is 13.2 Å². The molecule has 0 fully saturated rings. The molecule has 2 aromatic carbocycles. The van der Waals surface area contributed by atoms with Crippen LogP contribution >= 0.6 is 0 Å². The number of halogens is 3. The Morgan fingerprint density at radius 2 is 1.77 bits per heavy atom. The average molecular weight is 419 g/mol. The smallest absolute Gasteiger partial charge is 0.418 e. The number of benzene rings is 2. The molecule has 1 aromatic heterocycles. The molecule has 0 unspecified atom stereocenters. The van der Waals surface area contributed by atoms with Crippen molar-refractivity contribution in [3.05, 3.63) is 71.4 Å². The first-order valence-corrected chi connectivity index (χ1v) is 9.15. The van der Waals surface area contributed by atoms with Gasteiger partial charge in [-0.1, -0.05) is 42.5 Å². The highest BCUT2D eigenvalue weighted by Gasteiger charge is 2.33. The molecule has 0 aliphatic heterocycles. The molecule has 0 radical (unpaired) electrons. The van der Waals surface area contributed by atoms with Crippen molar-refractivity contribution in [1.29, 1.82) is 0 Å². The van der Waals surface area contributed by atoms with E-state index in [0.717, 1.165) is 11.6 Å². The molecule has 5 N–H and O–H groups in total. The Labute approximate surface area is 169 Å². The topological polar surface area (TPSA) is 108 Å². The molecule has 0 aliphatic rings. The second kappa shape index (κ2) is 8.58. The molecule has 1 amide bonds. The van der Waals surface area contributed by atoms with Gasteiger partial charge in [0, 0.05) is 18.0 Å². The fourth-order valence-corrected chi connectivity index (χ4v) is 3.28. The molecule has 0 bridgehead atoms. The normalized spacial score (nSPS) is 13.7. The van der Waals surface area contributed by atoms with E-state index >= 15 is 0 Å². The summed E-state index contributed by atoms with van der Waals surface area (Å²) < 4.78 is 39.5. The number of H-pyrrole nitrogens is 1. The Bertz CT molecular complexity index is 1050. The molecule has 3 aromatic rings. The van der Waals surface area contributed by atoms with Crippen LogP contribution in [-0.4, -0.2) is 34.1 Å². The number of aliphatic carboxylic acids is 1. The number of nitrogens with two attached hydrogens (primary N) is 1. The quantitative estimate of drug-likeness (QED) is 0.472. The third-order valence-electron chi connectivity index (χ3n) is 4.78. The molecule has 0 saturated heterocycles. The molecule has 3 rings (SSSR count). The van der Waals surface area contributed by atoms with Crippen molar-refractivity contribution in [3.8, 4) is 0 Å². The number of nitrogens with one attached hydrogen (secondary N) is 2. The third kappa shape index (κ3) is 4.80. The van der Waals surface area contributed by atoms with E-state index in [2.05, 4.69) is 10.3 Å². The van der Waals surface area contributed by atoms with E-state index in [0.29, 0.717) is 5.56 Å². The lowest BCUT2D eigenvalue weighted by Crippen LogP contribution is -2.50. The summed E-state index contributed by atoms with van der Waals surface area (Å²) in [4.78, 5) is 26.6. The van der Waals surface area contributed by atoms with Gasteiger partial charge in [0.2, 0.25) is 5.91 Å². The lowest BCUT2D eigenvalue weighted by Gasteiger charge is -2.18. The zero-order valence-corrected chi connectivity index (χ0v) is 15.7. The minimum absolute atomic E-state index is 0.128. The van der Waals surface area contributed by atoms with Crippen LogP contribution in [0.4, 0.5) is 13.2 Å². The molecule has 0 saturated carbocycles. The van der Waals surface area contributed by atoms with E-state index < -0.39 is 35.7 Å². The lowest BCUT2D eigenvalue weighted by molar-refractivity contribution is -0.142. The number of carbonyl (C=O) groups excluding carboxylic acids is 1. The summed E-state index contributed by atoms with van der Waals surface area (Å²) in [5.41, 5.74) is 6.09. The van der Waals surface area contributed by atoms with Gasteiger partial charge in [0.1, 0.15) is 6.04 Å². The molecule has 2 atom stereocenters. The molecule has 0 aliphatic carbocycles. The zero-order valence-electron chi connectivity index (χ0n) is 15.7. The highest BCUT2D eigenvalue weighted by molar-refractivity contribution is 5.89. The summed E-state index contributed by atoms with van der Waals surface area (Å²) in [7, 11) is 0. The molecule has 9 heteroatoms. The van der Waals surface area contributed by atoms with Gasteiger partial charge >= 0.3 is 12.1 Å². The van der Waals surface area contributed by atoms with Crippen LogP contribution in [0, 0.1) is 0 Å². The summed E-state index contributed by atoms with van der Waals surface area (Å²) in [6.07, 6.45) is -3.19. The molecule has 0 spiro atoms. The van der Waals surface area contributed by atoms with Gasteiger partial charge in [-0.25, -0.2) is 4.79 Å². The van der Waals surface area contributed by atoms with Crippen LogP contribution in [0.1, 0.15) is 16.7 Å². The van der Waals surface area contributed by atoms with Crippen molar-refractivity contribution in [2.24, 2.45) is 5.73 Å². The van der Waals surface area contributed by atoms with Crippen LogP contribution in [0.5, 0.6) is 0 Å². The first-order chi connectivity index (χ1) is 14.2. The number of aromatic nitrogens is 1. The number of fused-ring (bicyclic) bond motifs is 1. The Morgan fingerprint density at radius 1 is 1.07 bits per heavy atom. The van der Waals surface area contributed by atoms with Crippen LogP contribution in [-0.2, 0) is 28.6 Å². The van der Waals surface area contributed by atoms with Crippen molar-refractivity contribution in [2.75, 3.05) is 0 Å². The maximum Gasteiger partial charge on any atom is 0.418 e. The first kappa shape index (κ1) is 21.4. The zero-order chi connectivity index (χ0) is 21.9. The fourth-order valence-electron chi connectivity index (χ4n) is 3.28. The van der Waals surface area contributed by atoms with E-state index in [1.54, 1.807) is 24.3 Å². The number of carbonyl (C=O) groups is 2. The van der Waals surface area contributed by atoms with Gasteiger partial charge in [0.15, 0.2) is 0 Å². The Balaban J connectivity index is 1.76. The number of para-hydroxylation sites is 1. The van der Waals surface area contributed by atoms with E-state index in [9.17, 15) is 27.9 Å². The van der Waals surface area contributed by atoms with Crippen molar-refractivity contribution in [1.82, 2.24) is 10.3 Å². The fraction of sp³-hybridized carbons (Fsp3) is 0.238. The number of hydrogen-bond acceptors (Lipinski definition) is 3. The molecule has 30 heavy (non-hydrogen) atoms. The summed E-state index contributed by atoms with van der Waals surface area (Å²) in [6.45, 7) is 0. The molecule has 158 valence electrons. The average Bonchev–Trinajstić information content (AvgIpc) is 3.10. The summed E-state index contributed by atoms with van der Waals surface area (Å²) in [5.74, 6) is -1.96. The minimum Gasteiger partial charge on any atom is -0.480 e. The van der Waals surface area contributed by atoms with Crippen LogP contribution in [0.3, 0.4) is 0 Å². The van der Waals surface area contributed by atoms with E-state index in [1.165, 1.54) is 18.3 Å². The lowest BCUT2D eigenvalue weighted by atomic mass is 10.0. The third-order valence-corrected chi connectivity index (χ3v) is 4.78. The van der Waals surface area contributed by atoms with E-state index in [1.807, 2.05) is 6.07 Å². The highest BCUT2D eigenvalue weighted by atomic mass is 19.4. The predicted molar refractivity (Wildman–Crippen MR) is 105 cm³/mol. The summed E-state index contributed by atoms with van der Waals surface area (Å²) >= 11 is 0. The SMILES string of the molecule is N[C@@H](Cc1ccccc1)C(=O)N[C@@H](Cc1c[nH]c2c(C(F)(F)F)cccc12)C(=O)O. The number of aromatic amines is 1. The maximum absolute atomic E-state index is 13.2. The summed E-state index contributed by atoms with van der Waals surface area (Å²) in [6, 6.07) is 10.4. The van der Waals surface area contributed by atoms with Crippen LogP contribution in [0.15, 0.2) is 54.7 Å². The molecule has 6 nitrogen and oxygen atoms in total. The number of rotatable bonds is 7. The molecular weight excluding hydrogens is 399 g/mol. The van der Waals surface area contributed by atoms with Crippen molar-refractivity contribution >= 4 is 22.8 Å². The van der Waals surface area contributed by atoms with Gasteiger partial charge in [-0.05, 0) is 23.6 Å². The second-order valence-corrected chi connectivity index (χ2v) is 6.94. The Kier molecular flexibility index (Phi) is 6.12. The molecular formula is C21H20F3N3O3. The van der Waals surface area contributed by atoms with Gasteiger partial charge in [0.25, 0.3) is 0 Å². The maximum atomic E-state index is 13.2. The first-order valence-electron chi connectivity index (χ1n) is 9.15. The van der Waals surface area contributed by atoms with Gasteiger partial charge in [-0.15, -0.1) is 0 Å². The number of amides is 1. The van der Waals surface area contributed by atoms with Crippen LogP contribution in [0.25, 0.3) is 10.9 Å². The van der Waals surface area contributed by atoms with Gasteiger partial charge < -0.3 is 21.1 Å². The standard InChI is InChI=1S/C21H20F3N3O3/c22-21(23,24)15-8-4-7-14-13(11-26-18(14)15)10-17(20(29)30)27-19(28)16(25)9-12-5-2-1-3-6-12/h1-8,11,16-17,26H,9-10,25H2,(H,27,28)(H,29,30)/t16-,17-/m0/s1. The number of carboxylic acids is 1. The Morgan fingerprint density at radius 3 is 2.40 bits per heavy atom. The van der Waals surface area contributed by atoms with Crippen LogP contribution < -0.4 is 11.1 Å². The monoisotopic (exact) mass is 419 g/mol.